The average Bonchev–Trinajstić information content (AvgIpc) is 2.47. The maximum Gasteiger partial charge on any atom is 0.180 e. The molecule has 2 aromatic rings. The van der Waals surface area contributed by atoms with Crippen LogP contribution in [0, 0.1) is 18.3 Å². The molecule has 1 atom stereocenters. The lowest BCUT2D eigenvalue weighted by atomic mass is 10.2. The summed E-state index contributed by atoms with van der Waals surface area (Å²) in [6.07, 6.45) is 1.56. The van der Waals surface area contributed by atoms with Crippen molar-refractivity contribution < 1.29 is 8.42 Å². The molecule has 0 saturated heterocycles. The highest BCUT2D eigenvalue weighted by Gasteiger charge is 2.19. The summed E-state index contributed by atoms with van der Waals surface area (Å²) in [6.45, 7) is 3.66. The molecule has 0 fully saturated rings. The second-order valence-corrected chi connectivity index (χ2v) is 7.19. The van der Waals surface area contributed by atoms with Gasteiger partial charge in [-0.15, -0.1) is 0 Å². The van der Waals surface area contributed by atoms with Gasteiger partial charge in [-0.05, 0) is 38.1 Å². The molecule has 1 aromatic carbocycles. The van der Waals surface area contributed by atoms with E-state index >= 15 is 0 Å². The van der Waals surface area contributed by atoms with E-state index < -0.39 is 9.84 Å². The Morgan fingerprint density at radius 1 is 1.27 bits per heavy atom. The largest absolute Gasteiger partial charge is 0.365 e. The first-order chi connectivity index (χ1) is 10.4. The van der Waals surface area contributed by atoms with Crippen molar-refractivity contribution in [1.29, 1.82) is 5.26 Å². The zero-order valence-corrected chi connectivity index (χ0v) is 13.3. The minimum atomic E-state index is -3.39. The molecule has 5 nitrogen and oxygen atoms in total. The molecule has 2 rings (SSSR count). The highest BCUT2D eigenvalue weighted by atomic mass is 32.2. The van der Waals surface area contributed by atoms with Gasteiger partial charge in [0.05, 0.1) is 16.2 Å². The second-order valence-electron chi connectivity index (χ2n) is 5.15. The predicted octanol–water partition coefficient (Wildman–Crippen LogP) is 2.54. The van der Waals surface area contributed by atoms with Crippen molar-refractivity contribution in [2.45, 2.75) is 24.8 Å². The molecule has 114 valence electrons. The van der Waals surface area contributed by atoms with E-state index in [4.69, 9.17) is 5.26 Å². The molecule has 0 saturated carbocycles. The lowest BCUT2D eigenvalue weighted by Gasteiger charge is -2.15. The van der Waals surface area contributed by atoms with Crippen LogP contribution in [0.3, 0.4) is 0 Å². The molecule has 6 heteroatoms. The number of anilines is 1. The average molecular weight is 315 g/mol. The third-order valence-corrected chi connectivity index (χ3v) is 5.09. The number of sulfone groups is 1. The number of aromatic nitrogens is 1. The maximum atomic E-state index is 12.4. The van der Waals surface area contributed by atoms with E-state index in [0.29, 0.717) is 16.3 Å². The smallest absolute Gasteiger partial charge is 0.180 e. The number of pyridine rings is 1. The van der Waals surface area contributed by atoms with Crippen LogP contribution in [0.1, 0.15) is 18.1 Å². The van der Waals surface area contributed by atoms with E-state index in [2.05, 4.69) is 10.3 Å². The molecule has 0 aliphatic rings. The quantitative estimate of drug-likeness (QED) is 0.916. The van der Waals surface area contributed by atoms with Gasteiger partial charge in [-0.1, -0.05) is 17.7 Å². The second kappa shape index (κ2) is 6.58. The standard InChI is InChI=1S/C16H17N3O2S/c1-12-5-7-15(8-6-12)22(20,21)11-13(2)19-16-14(10-17)4-3-9-18-16/h3-9,13H,11H2,1-2H3,(H,18,19). The number of nitriles is 1. The van der Waals surface area contributed by atoms with Crippen LogP contribution >= 0.6 is 0 Å². The molecule has 0 radical (unpaired) electrons. The number of nitrogens with one attached hydrogen (secondary N) is 1. The van der Waals surface area contributed by atoms with Gasteiger partial charge in [0.15, 0.2) is 9.84 Å². The molecule has 1 aromatic heterocycles. The molecule has 0 spiro atoms. The summed E-state index contributed by atoms with van der Waals surface area (Å²) in [7, 11) is -3.39. The Labute approximate surface area is 130 Å². The van der Waals surface area contributed by atoms with Gasteiger partial charge in [-0.25, -0.2) is 13.4 Å². The van der Waals surface area contributed by atoms with Crippen molar-refractivity contribution in [3.63, 3.8) is 0 Å². The van der Waals surface area contributed by atoms with E-state index in [0.717, 1.165) is 5.56 Å². The highest BCUT2D eigenvalue weighted by molar-refractivity contribution is 7.91. The summed E-state index contributed by atoms with van der Waals surface area (Å²) in [4.78, 5) is 4.37. The zero-order valence-electron chi connectivity index (χ0n) is 12.4. The molecule has 1 heterocycles. The zero-order chi connectivity index (χ0) is 16.2. The minimum absolute atomic E-state index is 0.0719. The Kier molecular flexibility index (Phi) is 4.78. The van der Waals surface area contributed by atoms with Crippen LogP contribution in [0.2, 0.25) is 0 Å². The summed E-state index contributed by atoms with van der Waals surface area (Å²) in [5, 5.41) is 12.0. The normalized spacial score (nSPS) is 12.4. The Hall–Kier alpha value is -2.39. The molecular formula is C16H17N3O2S. The fraction of sp³-hybridized carbons (Fsp3) is 0.250. The van der Waals surface area contributed by atoms with Crippen LogP contribution in [0.15, 0.2) is 47.5 Å². The van der Waals surface area contributed by atoms with Gasteiger partial charge in [-0.2, -0.15) is 5.26 Å². The summed E-state index contributed by atoms with van der Waals surface area (Å²) in [6, 6.07) is 11.7. The Morgan fingerprint density at radius 2 is 1.95 bits per heavy atom. The van der Waals surface area contributed by atoms with Crippen LogP contribution in [0.4, 0.5) is 5.82 Å². The molecule has 22 heavy (non-hydrogen) atoms. The Bertz CT molecular complexity index is 793. The summed E-state index contributed by atoms with van der Waals surface area (Å²) >= 11 is 0. The Balaban J connectivity index is 2.13. The highest BCUT2D eigenvalue weighted by Crippen LogP contribution is 2.16. The van der Waals surface area contributed by atoms with Gasteiger partial charge in [0.25, 0.3) is 0 Å². The van der Waals surface area contributed by atoms with Crippen molar-refractivity contribution in [3.8, 4) is 6.07 Å². The minimum Gasteiger partial charge on any atom is -0.365 e. The van der Waals surface area contributed by atoms with Crippen LogP contribution in [0.25, 0.3) is 0 Å². The lowest BCUT2D eigenvalue weighted by molar-refractivity contribution is 0.592. The van der Waals surface area contributed by atoms with Crippen molar-refractivity contribution >= 4 is 15.7 Å². The summed E-state index contributed by atoms with van der Waals surface area (Å²) < 4.78 is 24.7. The first kappa shape index (κ1) is 16.0. The number of hydrogen-bond donors (Lipinski definition) is 1. The van der Waals surface area contributed by atoms with Crippen LogP contribution in [-0.2, 0) is 9.84 Å². The topological polar surface area (TPSA) is 82.8 Å². The molecule has 0 bridgehead atoms. The fourth-order valence-corrected chi connectivity index (χ4v) is 3.54. The van der Waals surface area contributed by atoms with E-state index in [1.807, 2.05) is 13.0 Å². The van der Waals surface area contributed by atoms with E-state index in [1.54, 1.807) is 49.5 Å². The molecule has 1 N–H and O–H groups in total. The van der Waals surface area contributed by atoms with Gasteiger partial charge >= 0.3 is 0 Å². The first-order valence-corrected chi connectivity index (χ1v) is 8.48. The molecule has 0 amide bonds. The van der Waals surface area contributed by atoms with E-state index in [9.17, 15) is 8.42 Å². The van der Waals surface area contributed by atoms with Crippen molar-refractivity contribution in [2.24, 2.45) is 0 Å². The fourth-order valence-electron chi connectivity index (χ4n) is 2.06. The molecular weight excluding hydrogens is 298 g/mol. The van der Waals surface area contributed by atoms with Gasteiger partial charge in [0.2, 0.25) is 0 Å². The van der Waals surface area contributed by atoms with Gasteiger partial charge < -0.3 is 5.32 Å². The molecule has 0 aliphatic carbocycles. The predicted molar refractivity (Wildman–Crippen MR) is 85.3 cm³/mol. The van der Waals surface area contributed by atoms with Crippen LogP contribution in [-0.4, -0.2) is 25.2 Å². The summed E-state index contributed by atoms with van der Waals surface area (Å²) in [5.74, 6) is 0.328. The van der Waals surface area contributed by atoms with Gasteiger partial charge in [0, 0.05) is 12.2 Å². The third kappa shape index (κ3) is 3.83. The number of rotatable bonds is 5. The monoisotopic (exact) mass is 315 g/mol. The molecule has 0 aliphatic heterocycles. The number of nitrogens with zero attached hydrogens (tertiary/aromatic N) is 2. The number of aryl methyl sites for hydroxylation is 1. The van der Waals surface area contributed by atoms with E-state index in [1.165, 1.54) is 0 Å². The van der Waals surface area contributed by atoms with Crippen molar-refractivity contribution in [1.82, 2.24) is 4.98 Å². The third-order valence-electron chi connectivity index (χ3n) is 3.16. The van der Waals surface area contributed by atoms with Crippen molar-refractivity contribution in [3.05, 3.63) is 53.7 Å². The van der Waals surface area contributed by atoms with Crippen LogP contribution in [0.5, 0.6) is 0 Å². The number of hydrogen-bond acceptors (Lipinski definition) is 5. The van der Waals surface area contributed by atoms with E-state index in [-0.39, 0.29) is 11.8 Å². The maximum absolute atomic E-state index is 12.4. The molecule has 1 unspecified atom stereocenters. The van der Waals surface area contributed by atoms with Gasteiger partial charge in [-0.3, -0.25) is 0 Å². The SMILES string of the molecule is Cc1ccc(S(=O)(=O)CC(C)Nc2ncccc2C#N)cc1. The first-order valence-electron chi connectivity index (χ1n) is 6.83. The summed E-state index contributed by atoms with van der Waals surface area (Å²) in [5.41, 5.74) is 1.40. The lowest BCUT2D eigenvalue weighted by Crippen LogP contribution is -2.26. The van der Waals surface area contributed by atoms with Crippen LogP contribution < -0.4 is 5.32 Å². The Morgan fingerprint density at radius 3 is 2.59 bits per heavy atom. The van der Waals surface area contributed by atoms with Gasteiger partial charge in [0.1, 0.15) is 11.9 Å². The number of benzene rings is 1. The van der Waals surface area contributed by atoms with Crippen molar-refractivity contribution in [2.75, 3.05) is 11.1 Å².